The molecule has 0 aromatic heterocycles. The zero-order valence-electron chi connectivity index (χ0n) is 16.9. The van der Waals surface area contributed by atoms with Crippen LogP contribution < -0.4 is 10.0 Å². The summed E-state index contributed by atoms with van der Waals surface area (Å²) in [7, 11) is -3.77. The van der Waals surface area contributed by atoms with Crippen LogP contribution in [0.25, 0.3) is 0 Å². The van der Waals surface area contributed by atoms with Crippen LogP contribution in [-0.4, -0.2) is 14.3 Å². The molecule has 3 rings (SSSR count). The number of hydrogen-bond acceptors (Lipinski definition) is 3. The third kappa shape index (κ3) is 5.01. The van der Waals surface area contributed by atoms with Crippen molar-refractivity contribution in [2.75, 3.05) is 4.72 Å². The van der Waals surface area contributed by atoms with Crippen LogP contribution in [0, 0.1) is 13.8 Å². The molecule has 2 N–H and O–H groups in total. The summed E-state index contributed by atoms with van der Waals surface area (Å²) in [5, 5.41) is 3.10. The van der Waals surface area contributed by atoms with Gasteiger partial charge in [-0.2, -0.15) is 0 Å². The SMILES string of the molecule is Cc1ccc([C@H](C)NC(=O)c2ccc(NS(=O)(=O)c3ccccc3)c(Cl)c2)c(C)c1. The van der Waals surface area contributed by atoms with Gasteiger partial charge in [0.1, 0.15) is 0 Å². The van der Waals surface area contributed by atoms with Crippen molar-refractivity contribution in [3.05, 3.63) is 94.0 Å². The van der Waals surface area contributed by atoms with Crippen molar-refractivity contribution in [1.82, 2.24) is 5.32 Å². The molecule has 0 saturated carbocycles. The fraction of sp³-hybridized carbons (Fsp3) is 0.174. The summed E-state index contributed by atoms with van der Waals surface area (Å²) in [4.78, 5) is 12.8. The van der Waals surface area contributed by atoms with E-state index in [4.69, 9.17) is 11.6 Å². The quantitative estimate of drug-likeness (QED) is 0.547. The maximum atomic E-state index is 12.7. The molecule has 0 saturated heterocycles. The Morgan fingerprint density at radius 3 is 2.30 bits per heavy atom. The van der Waals surface area contributed by atoms with Crippen molar-refractivity contribution in [2.24, 2.45) is 0 Å². The summed E-state index contributed by atoms with van der Waals surface area (Å²) in [6, 6.07) is 18.4. The van der Waals surface area contributed by atoms with E-state index in [0.29, 0.717) is 5.56 Å². The fourth-order valence-corrected chi connectivity index (χ4v) is 4.60. The lowest BCUT2D eigenvalue weighted by Crippen LogP contribution is -2.27. The molecule has 0 bridgehead atoms. The van der Waals surface area contributed by atoms with Crippen molar-refractivity contribution in [1.29, 1.82) is 0 Å². The molecule has 30 heavy (non-hydrogen) atoms. The van der Waals surface area contributed by atoms with Gasteiger partial charge in [0, 0.05) is 5.56 Å². The lowest BCUT2D eigenvalue weighted by molar-refractivity contribution is 0.0940. The number of benzene rings is 3. The Kier molecular flexibility index (Phi) is 6.48. The van der Waals surface area contributed by atoms with Gasteiger partial charge in [0.25, 0.3) is 15.9 Å². The first-order chi connectivity index (χ1) is 14.2. The Morgan fingerprint density at radius 1 is 0.967 bits per heavy atom. The Balaban J connectivity index is 1.75. The highest BCUT2D eigenvalue weighted by Crippen LogP contribution is 2.26. The van der Waals surface area contributed by atoms with E-state index >= 15 is 0 Å². The van der Waals surface area contributed by atoms with Crippen molar-refractivity contribution < 1.29 is 13.2 Å². The molecule has 3 aromatic carbocycles. The van der Waals surface area contributed by atoms with Gasteiger partial charge in [0.2, 0.25) is 0 Å². The number of aryl methyl sites for hydroxylation is 2. The summed E-state index contributed by atoms with van der Waals surface area (Å²) >= 11 is 6.26. The van der Waals surface area contributed by atoms with Gasteiger partial charge in [-0.1, -0.05) is 53.6 Å². The molecule has 1 amide bonds. The molecule has 0 radical (unpaired) electrons. The van der Waals surface area contributed by atoms with Gasteiger partial charge in [0.05, 0.1) is 21.6 Å². The molecule has 1 atom stereocenters. The van der Waals surface area contributed by atoms with E-state index in [-0.39, 0.29) is 27.6 Å². The Labute approximate surface area is 182 Å². The highest BCUT2D eigenvalue weighted by molar-refractivity contribution is 7.92. The van der Waals surface area contributed by atoms with E-state index in [2.05, 4.69) is 16.1 Å². The van der Waals surface area contributed by atoms with Crippen molar-refractivity contribution in [2.45, 2.75) is 31.7 Å². The Hall–Kier alpha value is -2.83. The van der Waals surface area contributed by atoms with E-state index in [1.807, 2.05) is 32.9 Å². The van der Waals surface area contributed by atoms with Gasteiger partial charge < -0.3 is 5.32 Å². The number of halogens is 1. The molecule has 7 heteroatoms. The van der Waals surface area contributed by atoms with E-state index < -0.39 is 10.0 Å². The van der Waals surface area contributed by atoms with Gasteiger partial charge in [-0.3, -0.25) is 9.52 Å². The standard InChI is InChI=1S/C23H23ClN2O3S/c1-15-9-11-20(16(2)13-15)17(3)25-23(27)18-10-12-22(21(24)14-18)26-30(28,29)19-7-5-4-6-8-19/h4-14,17,26H,1-3H3,(H,25,27)/t17-/m0/s1. The first kappa shape index (κ1) is 21.9. The molecule has 156 valence electrons. The molecule has 0 fully saturated rings. The maximum Gasteiger partial charge on any atom is 0.261 e. The zero-order valence-corrected chi connectivity index (χ0v) is 18.5. The summed E-state index contributed by atoms with van der Waals surface area (Å²) < 4.78 is 27.4. The monoisotopic (exact) mass is 442 g/mol. The van der Waals surface area contributed by atoms with Gasteiger partial charge in [-0.05, 0) is 62.2 Å². The Morgan fingerprint density at radius 2 is 1.67 bits per heavy atom. The average Bonchev–Trinajstić information content (AvgIpc) is 2.70. The minimum atomic E-state index is -3.77. The number of carbonyl (C=O) groups is 1. The third-order valence-electron chi connectivity index (χ3n) is 4.77. The predicted octanol–water partition coefficient (Wildman–Crippen LogP) is 5.25. The number of anilines is 1. The van der Waals surface area contributed by atoms with E-state index in [1.165, 1.54) is 24.3 Å². The largest absolute Gasteiger partial charge is 0.346 e. The van der Waals surface area contributed by atoms with Gasteiger partial charge in [-0.25, -0.2) is 8.42 Å². The molecule has 0 aliphatic carbocycles. The van der Waals surface area contributed by atoms with Crippen LogP contribution in [0.3, 0.4) is 0 Å². The average molecular weight is 443 g/mol. The number of nitrogens with one attached hydrogen (secondary N) is 2. The van der Waals surface area contributed by atoms with Crippen LogP contribution >= 0.6 is 11.6 Å². The minimum absolute atomic E-state index is 0.130. The summed E-state index contributed by atoms with van der Waals surface area (Å²) in [6.07, 6.45) is 0. The lowest BCUT2D eigenvalue weighted by Gasteiger charge is -2.17. The van der Waals surface area contributed by atoms with Crippen LogP contribution in [0.5, 0.6) is 0 Å². The lowest BCUT2D eigenvalue weighted by atomic mass is 10.00. The molecule has 0 unspecified atom stereocenters. The highest BCUT2D eigenvalue weighted by atomic mass is 35.5. The topological polar surface area (TPSA) is 75.3 Å². The number of rotatable bonds is 6. The zero-order chi connectivity index (χ0) is 21.9. The second-order valence-corrected chi connectivity index (χ2v) is 9.26. The van der Waals surface area contributed by atoms with E-state index in [0.717, 1.165) is 16.7 Å². The third-order valence-corrected chi connectivity index (χ3v) is 6.46. The van der Waals surface area contributed by atoms with Crippen molar-refractivity contribution >= 4 is 33.2 Å². The highest BCUT2D eigenvalue weighted by Gasteiger charge is 2.18. The molecule has 0 heterocycles. The summed E-state index contributed by atoms with van der Waals surface area (Å²) in [6.45, 7) is 5.95. The number of hydrogen-bond donors (Lipinski definition) is 2. The van der Waals surface area contributed by atoms with Crippen LogP contribution in [0.4, 0.5) is 5.69 Å². The molecular formula is C23H23ClN2O3S. The van der Waals surface area contributed by atoms with E-state index in [1.54, 1.807) is 24.3 Å². The molecule has 5 nitrogen and oxygen atoms in total. The van der Waals surface area contributed by atoms with Crippen LogP contribution in [0.2, 0.25) is 5.02 Å². The normalized spacial score (nSPS) is 12.3. The predicted molar refractivity (Wildman–Crippen MR) is 120 cm³/mol. The van der Waals surface area contributed by atoms with E-state index in [9.17, 15) is 13.2 Å². The molecule has 0 spiro atoms. The molecule has 0 aliphatic heterocycles. The van der Waals surface area contributed by atoms with Gasteiger partial charge >= 0.3 is 0 Å². The maximum absolute atomic E-state index is 12.7. The summed E-state index contributed by atoms with van der Waals surface area (Å²) in [5.74, 6) is -0.290. The van der Waals surface area contributed by atoms with Crippen LogP contribution in [-0.2, 0) is 10.0 Å². The van der Waals surface area contributed by atoms with Crippen LogP contribution in [0.15, 0.2) is 71.6 Å². The van der Waals surface area contributed by atoms with Crippen molar-refractivity contribution in [3.63, 3.8) is 0 Å². The van der Waals surface area contributed by atoms with Crippen LogP contribution in [0.1, 0.15) is 40.0 Å². The molecule has 3 aromatic rings. The smallest absolute Gasteiger partial charge is 0.261 e. The first-order valence-electron chi connectivity index (χ1n) is 9.43. The second kappa shape index (κ2) is 8.90. The van der Waals surface area contributed by atoms with Crippen molar-refractivity contribution in [3.8, 4) is 0 Å². The molecular weight excluding hydrogens is 420 g/mol. The second-order valence-electron chi connectivity index (χ2n) is 7.17. The fourth-order valence-electron chi connectivity index (χ4n) is 3.21. The first-order valence-corrected chi connectivity index (χ1v) is 11.3. The molecule has 0 aliphatic rings. The minimum Gasteiger partial charge on any atom is -0.346 e. The van der Waals surface area contributed by atoms with Gasteiger partial charge in [-0.15, -0.1) is 0 Å². The number of sulfonamides is 1. The number of amides is 1. The number of carbonyl (C=O) groups excluding carboxylic acids is 1. The Bertz CT molecular complexity index is 1180. The summed E-state index contributed by atoms with van der Waals surface area (Å²) in [5.41, 5.74) is 3.85. The van der Waals surface area contributed by atoms with Gasteiger partial charge in [0.15, 0.2) is 0 Å².